The van der Waals surface area contributed by atoms with Crippen LogP contribution in [0.4, 0.5) is 17.6 Å². The van der Waals surface area contributed by atoms with E-state index >= 15 is 0 Å². The lowest BCUT2D eigenvalue weighted by Crippen LogP contribution is -2.15. The smallest absolute Gasteiger partial charge is 0.453 e. The summed E-state index contributed by atoms with van der Waals surface area (Å²) in [5.41, 5.74) is -0.223. The number of aromatic nitrogens is 4. The summed E-state index contributed by atoms with van der Waals surface area (Å²) < 4.78 is 54.9. The number of alkyl halides is 4. The molecule has 0 aliphatic heterocycles. The second-order valence-electron chi connectivity index (χ2n) is 3.51. The second kappa shape index (κ2) is 5.23. The van der Waals surface area contributed by atoms with Crippen molar-refractivity contribution in [3.63, 3.8) is 0 Å². The van der Waals surface area contributed by atoms with Crippen LogP contribution in [-0.2, 0) is 6.18 Å². The number of ether oxygens (including phenoxy) is 1. The highest BCUT2D eigenvalue weighted by atomic mass is 19.4. The maximum absolute atomic E-state index is 12.6. The molecule has 0 amide bonds. The molecular weight excluding hydrogens is 284 g/mol. The van der Waals surface area contributed by atoms with Crippen LogP contribution in [0, 0.1) is 0 Å². The van der Waals surface area contributed by atoms with Crippen LogP contribution in [0.5, 0.6) is 5.75 Å². The minimum atomic E-state index is -4.75. The van der Waals surface area contributed by atoms with Gasteiger partial charge >= 0.3 is 6.18 Å². The van der Waals surface area contributed by atoms with Crippen molar-refractivity contribution in [2.75, 3.05) is 6.86 Å². The van der Waals surface area contributed by atoms with Crippen LogP contribution in [0.3, 0.4) is 0 Å². The molecule has 0 radical (unpaired) electrons. The third-order valence-corrected chi connectivity index (χ3v) is 2.30. The maximum atomic E-state index is 12.6. The molecular formula is C10H6F4N4O2. The van der Waals surface area contributed by atoms with Gasteiger partial charge in [0.2, 0.25) is 6.86 Å². The predicted molar refractivity (Wildman–Crippen MR) is 56.1 cm³/mol. The topological polar surface area (TPSA) is 69.9 Å². The van der Waals surface area contributed by atoms with Gasteiger partial charge in [0.05, 0.1) is 11.3 Å². The number of benzene rings is 1. The van der Waals surface area contributed by atoms with E-state index in [1.807, 2.05) is 0 Å². The zero-order valence-corrected chi connectivity index (χ0v) is 9.63. The van der Waals surface area contributed by atoms with Crippen LogP contribution in [0.25, 0.3) is 5.69 Å². The van der Waals surface area contributed by atoms with Crippen molar-refractivity contribution in [3.05, 3.63) is 29.6 Å². The second-order valence-corrected chi connectivity index (χ2v) is 3.51. The fraction of sp³-hybridized carbons (Fsp3) is 0.200. The number of carbonyl (C=O) groups excluding carboxylic acids is 1. The number of rotatable bonds is 4. The molecule has 0 atom stereocenters. The summed E-state index contributed by atoms with van der Waals surface area (Å²) in [5.74, 6) is -1.43. The van der Waals surface area contributed by atoms with Gasteiger partial charge in [-0.2, -0.15) is 17.9 Å². The highest BCUT2D eigenvalue weighted by molar-refractivity contribution is 5.80. The van der Waals surface area contributed by atoms with Crippen LogP contribution in [0.2, 0.25) is 0 Å². The van der Waals surface area contributed by atoms with Gasteiger partial charge in [-0.25, -0.2) is 4.39 Å². The van der Waals surface area contributed by atoms with Gasteiger partial charge in [0.1, 0.15) is 5.75 Å². The van der Waals surface area contributed by atoms with Crippen molar-refractivity contribution in [3.8, 4) is 11.4 Å². The van der Waals surface area contributed by atoms with E-state index in [1.54, 1.807) is 0 Å². The van der Waals surface area contributed by atoms with Gasteiger partial charge in [0.15, 0.2) is 6.29 Å². The molecule has 0 saturated heterocycles. The lowest BCUT2D eigenvalue weighted by Gasteiger charge is -2.09. The molecule has 0 aliphatic rings. The number of nitrogens with zero attached hydrogens (tertiary/aromatic N) is 4. The average molecular weight is 290 g/mol. The van der Waals surface area contributed by atoms with Crippen LogP contribution >= 0.6 is 0 Å². The van der Waals surface area contributed by atoms with Gasteiger partial charge in [-0.15, -0.1) is 5.10 Å². The summed E-state index contributed by atoms with van der Waals surface area (Å²) in [7, 11) is 0. The number of halogens is 4. The Morgan fingerprint density at radius 2 is 2.10 bits per heavy atom. The third-order valence-electron chi connectivity index (χ3n) is 2.30. The lowest BCUT2D eigenvalue weighted by molar-refractivity contribution is -0.146. The lowest BCUT2D eigenvalue weighted by atomic mass is 10.2. The molecule has 106 valence electrons. The van der Waals surface area contributed by atoms with Gasteiger partial charge in [-0.3, -0.25) is 4.79 Å². The molecule has 20 heavy (non-hydrogen) atoms. The van der Waals surface area contributed by atoms with E-state index in [4.69, 9.17) is 0 Å². The third kappa shape index (κ3) is 2.58. The van der Waals surface area contributed by atoms with Crippen LogP contribution in [0.1, 0.15) is 16.2 Å². The number of tetrazole rings is 1. The summed E-state index contributed by atoms with van der Waals surface area (Å²) in [5, 5.41) is 9.03. The molecule has 1 heterocycles. The predicted octanol–water partition coefficient (Wildman–Crippen LogP) is 1.80. The highest BCUT2D eigenvalue weighted by Crippen LogP contribution is 2.29. The van der Waals surface area contributed by atoms with E-state index in [0.29, 0.717) is 11.0 Å². The molecule has 0 spiro atoms. The van der Waals surface area contributed by atoms with Crippen molar-refractivity contribution < 1.29 is 27.1 Å². The van der Waals surface area contributed by atoms with Gasteiger partial charge < -0.3 is 4.74 Å². The molecule has 0 unspecified atom stereocenters. The van der Waals surface area contributed by atoms with Crippen molar-refractivity contribution in [2.45, 2.75) is 6.18 Å². The van der Waals surface area contributed by atoms with E-state index in [1.165, 1.54) is 6.07 Å². The maximum Gasteiger partial charge on any atom is 0.453 e. The first kappa shape index (κ1) is 13.9. The SMILES string of the molecule is O=Cc1cc(-n2nnnc2C(F)(F)F)ccc1OCF. The highest BCUT2D eigenvalue weighted by Gasteiger charge is 2.38. The first-order chi connectivity index (χ1) is 9.47. The first-order valence-electron chi connectivity index (χ1n) is 5.11. The average Bonchev–Trinajstić information content (AvgIpc) is 2.88. The molecule has 6 nitrogen and oxygen atoms in total. The van der Waals surface area contributed by atoms with Crippen molar-refractivity contribution in [1.82, 2.24) is 20.2 Å². The number of carbonyl (C=O) groups is 1. The molecule has 1 aromatic heterocycles. The van der Waals surface area contributed by atoms with Gasteiger partial charge in [-0.05, 0) is 28.6 Å². The summed E-state index contributed by atoms with van der Waals surface area (Å²) >= 11 is 0. The normalized spacial score (nSPS) is 11.4. The first-order valence-corrected chi connectivity index (χ1v) is 5.11. The number of hydrogen-bond acceptors (Lipinski definition) is 5. The minimum Gasteiger partial charge on any atom is -0.462 e. The summed E-state index contributed by atoms with van der Waals surface area (Å²) in [6, 6.07) is 3.38. The van der Waals surface area contributed by atoms with Crippen LogP contribution < -0.4 is 4.74 Å². The molecule has 2 aromatic rings. The Bertz CT molecular complexity index is 626. The van der Waals surface area contributed by atoms with Crippen LogP contribution in [-0.4, -0.2) is 33.4 Å². The van der Waals surface area contributed by atoms with Crippen LogP contribution in [0.15, 0.2) is 18.2 Å². The largest absolute Gasteiger partial charge is 0.462 e. The molecule has 0 saturated carbocycles. The van der Waals surface area contributed by atoms with Crippen molar-refractivity contribution >= 4 is 6.29 Å². The quantitative estimate of drug-likeness (QED) is 0.634. The monoisotopic (exact) mass is 290 g/mol. The molecule has 0 aliphatic carbocycles. The number of aldehydes is 1. The van der Waals surface area contributed by atoms with E-state index in [2.05, 4.69) is 20.3 Å². The van der Waals surface area contributed by atoms with Crippen molar-refractivity contribution in [2.24, 2.45) is 0 Å². The molecule has 0 bridgehead atoms. The fourth-order valence-corrected chi connectivity index (χ4v) is 1.49. The molecule has 0 fully saturated rings. The molecule has 2 rings (SSSR count). The zero-order chi connectivity index (χ0) is 14.8. The van der Waals surface area contributed by atoms with E-state index < -0.39 is 18.9 Å². The van der Waals surface area contributed by atoms with E-state index in [0.717, 1.165) is 12.1 Å². The molecule has 10 heteroatoms. The number of hydrogen-bond donors (Lipinski definition) is 0. The summed E-state index contributed by atoms with van der Waals surface area (Å²) in [4.78, 5) is 10.8. The zero-order valence-electron chi connectivity index (χ0n) is 9.63. The van der Waals surface area contributed by atoms with E-state index in [9.17, 15) is 22.4 Å². The minimum absolute atomic E-state index is 0.0899. The van der Waals surface area contributed by atoms with Gasteiger partial charge in [0, 0.05) is 0 Å². The van der Waals surface area contributed by atoms with Gasteiger partial charge in [0.25, 0.3) is 5.82 Å². The Morgan fingerprint density at radius 1 is 1.35 bits per heavy atom. The van der Waals surface area contributed by atoms with Gasteiger partial charge in [-0.1, -0.05) is 0 Å². The Kier molecular flexibility index (Phi) is 3.63. The Labute approximate surface area is 109 Å². The summed E-state index contributed by atoms with van der Waals surface area (Å²) in [6.45, 7) is -1.17. The Morgan fingerprint density at radius 3 is 2.70 bits per heavy atom. The molecule has 1 aromatic carbocycles. The molecule has 0 N–H and O–H groups in total. The Balaban J connectivity index is 2.49. The van der Waals surface area contributed by atoms with E-state index in [-0.39, 0.29) is 17.0 Å². The Hall–Kier alpha value is -2.52. The van der Waals surface area contributed by atoms with Crippen molar-refractivity contribution in [1.29, 1.82) is 0 Å². The summed E-state index contributed by atoms with van der Waals surface area (Å²) in [6.07, 6.45) is -4.43. The standard InChI is InChI=1S/C10H6F4N4O2/c11-5-20-8-2-1-7(3-6(8)4-19)18-9(10(12,13)14)15-16-17-18/h1-4H,5H2. The fourth-order valence-electron chi connectivity index (χ4n) is 1.49.